The molecule has 5 nitrogen and oxygen atoms in total. The normalized spacial score (nSPS) is 14.6. The van der Waals surface area contributed by atoms with Gasteiger partial charge in [0, 0.05) is 36.3 Å². The van der Waals surface area contributed by atoms with Crippen LogP contribution in [0.15, 0.2) is 60.9 Å². The molecule has 148 valence electrons. The maximum Gasteiger partial charge on any atom is 0.227 e. The van der Waals surface area contributed by atoms with Gasteiger partial charge in [0.05, 0.1) is 5.69 Å². The van der Waals surface area contributed by atoms with Crippen molar-refractivity contribution in [2.75, 3.05) is 23.3 Å². The molecule has 1 N–H and O–H groups in total. The van der Waals surface area contributed by atoms with Crippen LogP contribution >= 0.6 is 0 Å². The van der Waals surface area contributed by atoms with Crippen LogP contribution in [0, 0.1) is 18.7 Å². The summed E-state index contributed by atoms with van der Waals surface area (Å²) in [5, 5.41) is 2.84. The molecule has 1 aliphatic heterocycles. The fourth-order valence-corrected chi connectivity index (χ4v) is 3.57. The molecule has 0 spiro atoms. The number of aryl methyl sites for hydroxylation is 1. The Morgan fingerprint density at radius 2 is 1.83 bits per heavy atom. The van der Waals surface area contributed by atoms with E-state index in [1.54, 1.807) is 25.4 Å². The number of benzene rings is 2. The number of halogens is 1. The number of nitrogens with one attached hydrogen (secondary N) is 1. The number of nitrogens with zero attached hydrogens (tertiary/aromatic N) is 3. The molecule has 0 unspecified atom stereocenters. The van der Waals surface area contributed by atoms with Crippen molar-refractivity contribution in [1.82, 2.24) is 9.97 Å². The van der Waals surface area contributed by atoms with Crippen molar-refractivity contribution in [3.63, 3.8) is 0 Å². The third kappa shape index (κ3) is 4.42. The second-order valence-electron chi connectivity index (χ2n) is 7.34. The summed E-state index contributed by atoms with van der Waals surface area (Å²) in [6, 6.07) is 16.8. The van der Waals surface area contributed by atoms with Gasteiger partial charge in [-0.05, 0) is 37.5 Å². The molecule has 3 aromatic rings. The molecule has 1 aromatic heterocycles. The van der Waals surface area contributed by atoms with E-state index >= 15 is 0 Å². The molecule has 1 aliphatic rings. The van der Waals surface area contributed by atoms with Crippen LogP contribution in [0.4, 0.5) is 15.9 Å². The number of piperidine rings is 1. The Morgan fingerprint density at radius 1 is 1.07 bits per heavy atom. The minimum Gasteiger partial charge on any atom is -0.356 e. The highest BCUT2D eigenvalue weighted by Gasteiger charge is 2.26. The lowest BCUT2D eigenvalue weighted by atomic mass is 9.95. The smallest absolute Gasteiger partial charge is 0.227 e. The van der Waals surface area contributed by atoms with Crippen LogP contribution < -0.4 is 10.2 Å². The first-order valence-corrected chi connectivity index (χ1v) is 9.79. The highest BCUT2D eigenvalue weighted by atomic mass is 19.1. The van der Waals surface area contributed by atoms with Crippen LogP contribution in [0.1, 0.15) is 18.4 Å². The van der Waals surface area contributed by atoms with E-state index in [9.17, 15) is 9.18 Å². The molecule has 1 amide bonds. The maximum atomic E-state index is 13.7. The van der Waals surface area contributed by atoms with Gasteiger partial charge >= 0.3 is 0 Å². The van der Waals surface area contributed by atoms with Gasteiger partial charge in [0.15, 0.2) is 0 Å². The molecule has 2 heterocycles. The molecule has 1 fully saturated rings. The van der Waals surface area contributed by atoms with Gasteiger partial charge in [-0.2, -0.15) is 0 Å². The highest BCUT2D eigenvalue weighted by molar-refractivity contribution is 5.92. The number of hydrogen-bond acceptors (Lipinski definition) is 4. The van der Waals surface area contributed by atoms with Gasteiger partial charge in [0.1, 0.15) is 18.0 Å². The third-order valence-corrected chi connectivity index (χ3v) is 5.35. The summed E-state index contributed by atoms with van der Waals surface area (Å²) in [5.74, 6) is 0.417. The standard InChI is InChI=1S/C23H23FN4O/c1-16-7-8-19(13-20(16)24)27-23(29)18-9-11-28(12-10-18)22-14-21(25-15-26-22)17-5-3-2-4-6-17/h2-8,13-15,18H,9-12H2,1H3,(H,27,29). The van der Waals surface area contributed by atoms with Crippen molar-refractivity contribution in [3.05, 3.63) is 72.3 Å². The van der Waals surface area contributed by atoms with E-state index in [1.165, 1.54) is 6.07 Å². The predicted molar refractivity (Wildman–Crippen MR) is 112 cm³/mol. The van der Waals surface area contributed by atoms with Gasteiger partial charge in [-0.15, -0.1) is 0 Å². The number of anilines is 2. The first-order valence-electron chi connectivity index (χ1n) is 9.79. The van der Waals surface area contributed by atoms with E-state index in [2.05, 4.69) is 20.2 Å². The Morgan fingerprint density at radius 3 is 2.55 bits per heavy atom. The van der Waals surface area contributed by atoms with Crippen LogP contribution in [0.2, 0.25) is 0 Å². The number of carbonyl (C=O) groups is 1. The summed E-state index contributed by atoms with van der Waals surface area (Å²) in [6.45, 7) is 3.18. The van der Waals surface area contributed by atoms with Crippen molar-refractivity contribution in [3.8, 4) is 11.3 Å². The van der Waals surface area contributed by atoms with E-state index in [1.807, 2.05) is 36.4 Å². The van der Waals surface area contributed by atoms with Crippen molar-refractivity contribution in [1.29, 1.82) is 0 Å². The number of carbonyl (C=O) groups excluding carboxylic acids is 1. The van der Waals surface area contributed by atoms with Crippen molar-refractivity contribution in [2.45, 2.75) is 19.8 Å². The summed E-state index contributed by atoms with van der Waals surface area (Å²) in [7, 11) is 0. The second-order valence-corrected chi connectivity index (χ2v) is 7.34. The van der Waals surface area contributed by atoms with Gasteiger partial charge < -0.3 is 10.2 Å². The lowest BCUT2D eigenvalue weighted by molar-refractivity contribution is -0.120. The summed E-state index contributed by atoms with van der Waals surface area (Å²) in [6.07, 6.45) is 3.04. The largest absolute Gasteiger partial charge is 0.356 e. The van der Waals surface area contributed by atoms with Crippen LogP contribution in [-0.4, -0.2) is 29.0 Å². The van der Waals surface area contributed by atoms with E-state index < -0.39 is 0 Å². The Labute approximate surface area is 169 Å². The Kier molecular flexibility index (Phi) is 5.51. The molecule has 4 rings (SSSR count). The summed E-state index contributed by atoms with van der Waals surface area (Å²) in [5.41, 5.74) is 3.01. The molecular formula is C23H23FN4O. The van der Waals surface area contributed by atoms with Gasteiger partial charge in [-0.25, -0.2) is 14.4 Å². The molecule has 6 heteroatoms. The number of amides is 1. The lowest BCUT2D eigenvalue weighted by Crippen LogP contribution is -2.38. The Balaban J connectivity index is 1.38. The monoisotopic (exact) mass is 390 g/mol. The van der Waals surface area contributed by atoms with Crippen LogP contribution in [0.25, 0.3) is 11.3 Å². The summed E-state index contributed by atoms with van der Waals surface area (Å²) >= 11 is 0. The van der Waals surface area contributed by atoms with E-state index in [0.717, 1.165) is 43.0 Å². The van der Waals surface area contributed by atoms with Gasteiger partial charge in [0.2, 0.25) is 5.91 Å². The van der Waals surface area contributed by atoms with Crippen LogP contribution in [0.3, 0.4) is 0 Å². The molecule has 0 aliphatic carbocycles. The predicted octanol–water partition coefficient (Wildman–Crippen LogP) is 4.45. The average Bonchev–Trinajstić information content (AvgIpc) is 2.77. The fourth-order valence-electron chi connectivity index (χ4n) is 3.57. The van der Waals surface area contributed by atoms with E-state index in [0.29, 0.717) is 11.3 Å². The van der Waals surface area contributed by atoms with Gasteiger partial charge in [-0.3, -0.25) is 4.79 Å². The average molecular weight is 390 g/mol. The number of hydrogen-bond donors (Lipinski definition) is 1. The molecular weight excluding hydrogens is 367 g/mol. The van der Waals surface area contributed by atoms with Crippen LogP contribution in [-0.2, 0) is 4.79 Å². The molecule has 0 atom stereocenters. The minimum absolute atomic E-state index is 0.0550. The number of rotatable bonds is 4. The summed E-state index contributed by atoms with van der Waals surface area (Å²) < 4.78 is 13.7. The molecule has 0 bridgehead atoms. The zero-order valence-corrected chi connectivity index (χ0v) is 16.3. The quantitative estimate of drug-likeness (QED) is 0.715. The van der Waals surface area contributed by atoms with E-state index in [-0.39, 0.29) is 17.6 Å². The zero-order chi connectivity index (χ0) is 20.2. The zero-order valence-electron chi connectivity index (χ0n) is 16.3. The van der Waals surface area contributed by atoms with Crippen LogP contribution in [0.5, 0.6) is 0 Å². The Bertz CT molecular complexity index is 1000. The summed E-state index contributed by atoms with van der Waals surface area (Å²) in [4.78, 5) is 23.5. The van der Waals surface area contributed by atoms with E-state index in [4.69, 9.17) is 0 Å². The maximum absolute atomic E-state index is 13.7. The third-order valence-electron chi connectivity index (χ3n) is 5.35. The molecule has 1 saturated heterocycles. The molecule has 2 aromatic carbocycles. The highest BCUT2D eigenvalue weighted by Crippen LogP contribution is 2.26. The molecule has 0 saturated carbocycles. The van der Waals surface area contributed by atoms with Crippen molar-refractivity contribution >= 4 is 17.4 Å². The molecule has 0 radical (unpaired) electrons. The SMILES string of the molecule is Cc1ccc(NC(=O)C2CCN(c3cc(-c4ccccc4)ncn3)CC2)cc1F. The van der Waals surface area contributed by atoms with Gasteiger partial charge in [-0.1, -0.05) is 36.4 Å². The number of aromatic nitrogens is 2. The first-order chi connectivity index (χ1) is 14.1. The van der Waals surface area contributed by atoms with Crippen molar-refractivity contribution in [2.24, 2.45) is 5.92 Å². The molecule has 29 heavy (non-hydrogen) atoms. The van der Waals surface area contributed by atoms with Gasteiger partial charge in [0.25, 0.3) is 0 Å². The minimum atomic E-state index is -0.310. The lowest BCUT2D eigenvalue weighted by Gasteiger charge is -2.32. The van der Waals surface area contributed by atoms with Crippen molar-refractivity contribution < 1.29 is 9.18 Å². The topological polar surface area (TPSA) is 58.1 Å². The Hall–Kier alpha value is -3.28. The first kappa shape index (κ1) is 19.1. The second kappa shape index (κ2) is 8.39. The fraction of sp³-hybridized carbons (Fsp3) is 0.261.